The minimum absolute atomic E-state index is 0.0547. The van der Waals surface area contributed by atoms with Gasteiger partial charge in [0.05, 0.1) is 43.2 Å². The molecule has 188 valence electrons. The zero-order chi connectivity index (χ0) is 26.3. The number of carbonyl (C=O) groups excluding carboxylic acids is 2. The van der Waals surface area contributed by atoms with Crippen LogP contribution in [-0.2, 0) is 9.59 Å². The number of amides is 1. The highest BCUT2D eigenvalue weighted by molar-refractivity contribution is 7.22. The van der Waals surface area contributed by atoms with Crippen LogP contribution in [0.1, 0.15) is 22.7 Å². The van der Waals surface area contributed by atoms with Crippen LogP contribution >= 0.6 is 11.3 Å². The van der Waals surface area contributed by atoms with Crippen molar-refractivity contribution in [1.82, 2.24) is 4.98 Å². The average molecular weight is 517 g/mol. The van der Waals surface area contributed by atoms with Gasteiger partial charge in [-0.25, -0.2) is 4.98 Å². The summed E-state index contributed by atoms with van der Waals surface area (Å²) in [7, 11) is 4.46. The molecule has 0 saturated carbocycles. The topological polar surface area (TPSA) is 98.2 Å². The second kappa shape index (κ2) is 9.59. The van der Waals surface area contributed by atoms with E-state index in [2.05, 4.69) is 4.98 Å². The monoisotopic (exact) mass is 516 g/mol. The Labute approximate surface area is 217 Å². The number of aryl methyl sites for hydroxylation is 1. The number of aromatic nitrogens is 1. The molecule has 3 aromatic carbocycles. The summed E-state index contributed by atoms with van der Waals surface area (Å²) in [5.41, 5.74) is 2.61. The molecule has 1 amide bonds. The van der Waals surface area contributed by atoms with E-state index in [9.17, 15) is 14.7 Å². The molecule has 0 spiro atoms. The molecule has 1 saturated heterocycles. The lowest BCUT2D eigenvalue weighted by Gasteiger charge is -2.24. The highest BCUT2D eigenvalue weighted by Crippen LogP contribution is 2.48. The number of hydrogen-bond acceptors (Lipinski definition) is 8. The lowest BCUT2D eigenvalue weighted by Crippen LogP contribution is -2.29. The van der Waals surface area contributed by atoms with Crippen LogP contribution in [0.25, 0.3) is 16.0 Å². The van der Waals surface area contributed by atoms with Crippen molar-refractivity contribution in [3.05, 3.63) is 82.9 Å². The molecule has 0 radical (unpaired) electrons. The van der Waals surface area contributed by atoms with Gasteiger partial charge in [0.25, 0.3) is 5.78 Å². The molecule has 5 rings (SSSR count). The average Bonchev–Trinajstić information content (AvgIpc) is 3.45. The molecule has 4 aromatic rings. The summed E-state index contributed by atoms with van der Waals surface area (Å²) in [6, 6.07) is 16.8. The normalized spacial score (nSPS) is 16.9. The number of ketones is 1. The number of thiazole rings is 1. The third kappa shape index (κ3) is 4.07. The Hall–Kier alpha value is -4.37. The van der Waals surface area contributed by atoms with Crippen LogP contribution in [0.3, 0.4) is 0 Å². The minimum atomic E-state index is -0.990. The Balaban J connectivity index is 1.79. The summed E-state index contributed by atoms with van der Waals surface area (Å²) in [5.74, 6) is -0.812. The SMILES string of the molecule is COc1cc([C@@H]2C(=C(O)c3ccccc3)C(=O)C(=O)N2c2nc3ccc(C)cc3s2)cc(OC)c1OC. The molecule has 1 aromatic heterocycles. The van der Waals surface area contributed by atoms with Gasteiger partial charge in [-0.15, -0.1) is 0 Å². The fourth-order valence-corrected chi connectivity index (χ4v) is 5.57. The predicted molar refractivity (Wildman–Crippen MR) is 142 cm³/mol. The predicted octanol–water partition coefficient (Wildman–Crippen LogP) is 5.26. The van der Waals surface area contributed by atoms with Crippen molar-refractivity contribution in [1.29, 1.82) is 0 Å². The first-order valence-corrected chi connectivity index (χ1v) is 12.2. The maximum atomic E-state index is 13.5. The first kappa shape index (κ1) is 24.3. The van der Waals surface area contributed by atoms with Gasteiger partial charge in [0.2, 0.25) is 5.75 Å². The zero-order valence-electron chi connectivity index (χ0n) is 20.6. The number of hydrogen-bond donors (Lipinski definition) is 1. The number of fused-ring (bicyclic) bond motifs is 1. The molecular formula is C28H24N2O6S. The maximum absolute atomic E-state index is 13.5. The van der Waals surface area contributed by atoms with Gasteiger partial charge in [0.1, 0.15) is 5.76 Å². The molecule has 0 aliphatic carbocycles. The van der Waals surface area contributed by atoms with Gasteiger partial charge in [-0.05, 0) is 42.3 Å². The quantitative estimate of drug-likeness (QED) is 0.212. The van der Waals surface area contributed by atoms with E-state index in [0.717, 1.165) is 10.3 Å². The Morgan fingerprint density at radius 2 is 1.62 bits per heavy atom. The maximum Gasteiger partial charge on any atom is 0.301 e. The van der Waals surface area contributed by atoms with Crippen LogP contribution in [0.4, 0.5) is 5.13 Å². The first-order valence-electron chi connectivity index (χ1n) is 11.4. The van der Waals surface area contributed by atoms with Crippen molar-refractivity contribution in [3.8, 4) is 17.2 Å². The van der Waals surface area contributed by atoms with Gasteiger partial charge in [-0.2, -0.15) is 0 Å². The summed E-state index contributed by atoms with van der Waals surface area (Å²) >= 11 is 1.30. The summed E-state index contributed by atoms with van der Waals surface area (Å²) in [4.78, 5) is 33.0. The standard InChI is InChI=1S/C28H24N2O6S/c1-15-10-11-18-21(12-15)37-28(29-18)30-23(17-13-19(34-2)26(36-4)20(14-17)35-3)22(25(32)27(30)33)24(31)16-8-6-5-7-9-16/h5-14,23,31H,1-4H3/t23-/m1/s1. The Morgan fingerprint density at radius 1 is 0.946 bits per heavy atom. The fourth-order valence-electron chi connectivity index (χ4n) is 4.48. The number of ether oxygens (including phenoxy) is 3. The van der Waals surface area contributed by atoms with E-state index in [0.29, 0.717) is 39.0 Å². The number of Topliss-reactive ketones (excluding diaryl/α,β-unsaturated/α-hetero) is 1. The number of anilines is 1. The molecule has 0 unspecified atom stereocenters. The van der Waals surface area contributed by atoms with Crippen LogP contribution in [0.2, 0.25) is 0 Å². The van der Waals surface area contributed by atoms with Gasteiger partial charge in [0.15, 0.2) is 16.6 Å². The van der Waals surface area contributed by atoms with Gasteiger partial charge in [-0.3, -0.25) is 14.5 Å². The number of methoxy groups -OCH3 is 3. The van der Waals surface area contributed by atoms with E-state index in [1.54, 1.807) is 42.5 Å². The zero-order valence-corrected chi connectivity index (χ0v) is 21.5. The van der Waals surface area contributed by atoms with Gasteiger partial charge >= 0.3 is 5.91 Å². The molecule has 8 nitrogen and oxygen atoms in total. The summed E-state index contributed by atoms with van der Waals surface area (Å²) in [5, 5.41) is 11.7. The lowest BCUT2D eigenvalue weighted by molar-refractivity contribution is -0.132. The van der Waals surface area contributed by atoms with E-state index in [1.165, 1.54) is 37.6 Å². The number of carbonyl (C=O) groups is 2. The van der Waals surface area contributed by atoms with Gasteiger partial charge < -0.3 is 19.3 Å². The summed E-state index contributed by atoms with van der Waals surface area (Å²) in [6.45, 7) is 1.97. The Kier molecular flexibility index (Phi) is 6.31. The van der Waals surface area contributed by atoms with Crippen LogP contribution < -0.4 is 19.1 Å². The number of benzene rings is 3. The summed E-state index contributed by atoms with van der Waals surface area (Å²) in [6.07, 6.45) is 0. The number of rotatable bonds is 6. The van der Waals surface area contributed by atoms with Crippen molar-refractivity contribution in [2.24, 2.45) is 0 Å². The Morgan fingerprint density at radius 3 is 2.24 bits per heavy atom. The van der Waals surface area contributed by atoms with E-state index in [1.807, 2.05) is 25.1 Å². The van der Waals surface area contributed by atoms with Crippen molar-refractivity contribution in [2.45, 2.75) is 13.0 Å². The van der Waals surface area contributed by atoms with Crippen LogP contribution in [0.5, 0.6) is 17.2 Å². The molecule has 0 bridgehead atoms. The van der Waals surface area contributed by atoms with E-state index in [-0.39, 0.29) is 11.3 Å². The number of nitrogens with zero attached hydrogens (tertiary/aromatic N) is 2. The molecule has 37 heavy (non-hydrogen) atoms. The summed E-state index contributed by atoms with van der Waals surface area (Å²) < 4.78 is 17.4. The molecule has 2 heterocycles. The fraction of sp³-hybridized carbons (Fsp3) is 0.179. The first-order chi connectivity index (χ1) is 17.9. The van der Waals surface area contributed by atoms with Crippen molar-refractivity contribution < 1.29 is 28.9 Å². The van der Waals surface area contributed by atoms with E-state index >= 15 is 0 Å². The van der Waals surface area contributed by atoms with E-state index < -0.39 is 17.7 Å². The molecule has 1 aliphatic rings. The highest BCUT2D eigenvalue weighted by Gasteiger charge is 2.48. The smallest absolute Gasteiger partial charge is 0.301 e. The number of aliphatic hydroxyl groups is 1. The molecule has 1 atom stereocenters. The molecule has 9 heteroatoms. The second-order valence-corrected chi connectivity index (χ2v) is 9.47. The van der Waals surface area contributed by atoms with Crippen molar-refractivity contribution >= 4 is 44.1 Å². The van der Waals surface area contributed by atoms with Crippen LogP contribution in [0.15, 0.2) is 66.2 Å². The third-order valence-corrected chi connectivity index (χ3v) is 7.25. The van der Waals surface area contributed by atoms with E-state index in [4.69, 9.17) is 14.2 Å². The highest BCUT2D eigenvalue weighted by atomic mass is 32.1. The minimum Gasteiger partial charge on any atom is -0.507 e. The molecule has 1 fully saturated rings. The largest absolute Gasteiger partial charge is 0.507 e. The molecule has 1 aliphatic heterocycles. The number of aliphatic hydroxyl groups excluding tert-OH is 1. The van der Waals surface area contributed by atoms with Crippen molar-refractivity contribution in [3.63, 3.8) is 0 Å². The van der Waals surface area contributed by atoms with Gasteiger partial charge in [-0.1, -0.05) is 47.7 Å². The third-order valence-electron chi connectivity index (χ3n) is 6.23. The lowest BCUT2D eigenvalue weighted by atomic mass is 9.95. The second-order valence-electron chi connectivity index (χ2n) is 8.46. The Bertz CT molecular complexity index is 1530. The van der Waals surface area contributed by atoms with Crippen molar-refractivity contribution in [2.75, 3.05) is 26.2 Å². The molecule has 1 N–H and O–H groups in total. The molecular weight excluding hydrogens is 492 g/mol. The van der Waals surface area contributed by atoms with Crippen LogP contribution in [0, 0.1) is 6.92 Å². The van der Waals surface area contributed by atoms with Gasteiger partial charge in [0, 0.05) is 5.56 Å². The van der Waals surface area contributed by atoms with Crippen LogP contribution in [-0.4, -0.2) is 43.1 Å².